The molecule has 0 atom stereocenters. The van der Waals surface area contributed by atoms with Crippen LogP contribution in [-0.2, 0) is 22.5 Å². The number of nitrogens with zero attached hydrogens (tertiary/aromatic N) is 5. The van der Waals surface area contributed by atoms with Crippen molar-refractivity contribution in [2.45, 2.75) is 50.8 Å². The summed E-state index contributed by atoms with van der Waals surface area (Å²) in [5.74, 6) is 1.46. The van der Waals surface area contributed by atoms with Gasteiger partial charge in [0.1, 0.15) is 12.0 Å². The summed E-state index contributed by atoms with van der Waals surface area (Å²) in [7, 11) is 1.81. The Morgan fingerprint density at radius 2 is 2.00 bits per heavy atom. The lowest BCUT2D eigenvalue weighted by Crippen LogP contribution is -2.36. The van der Waals surface area contributed by atoms with Gasteiger partial charge in [-0.1, -0.05) is 5.16 Å². The fraction of sp³-hybridized carbons (Fsp3) is 0.650. The minimum Gasteiger partial charge on any atom is -0.381 e. The van der Waals surface area contributed by atoms with Gasteiger partial charge in [0.15, 0.2) is 5.82 Å². The fourth-order valence-electron chi connectivity index (χ4n) is 4.22. The third-order valence-electron chi connectivity index (χ3n) is 5.95. The molecule has 0 aromatic carbocycles. The minimum atomic E-state index is 0.282. The third-order valence-corrected chi connectivity index (χ3v) is 5.95. The normalized spacial score (nSPS) is 20.0. The van der Waals surface area contributed by atoms with Crippen molar-refractivity contribution in [2.24, 2.45) is 0 Å². The van der Waals surface area contributed by atoms with Crippen LogP contribution in [0.4, 0.5) is 5.82 Å². The highest BCUT2D eigenvalue weighted by atomic mass is 16.5. The Bertz CT molecular complexity index is 757. The number of anilines is 1. The molecule has 0 spiro atoms. The van der Waals surface area contributed by atoms with Gasteiger partial charge in [-0.3, -0.25) is 4.90 Å². The van der Waals surface area contributed by atoms with Crippen LogP contribution in [-0.4, -0.2) is 65.3 Å². The quantitative estimate of drug-likeness (QED) is 0.673. The molecular weight excluding hydrogens is 358 g/mol. The van der Waals surface area contributed by atoms with Crippen molar-refractivity contribution in [3.05, 3.63) is 30.0 Å². The molecule has 0 saturated carbocycles. The van der Waals surface area contributed by atoms with E-state index >= 15 is 0 Å². The molecule has 0 unspecified atom stereocenters. The van der Waals surface area contributed by atoms with Gasteiger partial charge >= 0.3 is 0 Å². The molecule has 0 N–H and O–H groups in total. The van der Waals surface area contributed by atoms with E-state index in [0.717, 1.165) is 76.2 Å². The molecule has 0 radical (unpaired) electrons. The summed E-state index contributed by atoms with van der Waals surface area (Å²) in [6, 6.07) is 2.34. The molecule has 0 amide bonds. The number of imidazole rings is 1. The van der Waals surface area contributed by atoms with E-state index < -0.39 is 0 Å². The number of carbonyl (C=O) groups is 1. The van der Waals surface area contributed by atoms with Crippen molar-refractivity contribution in [1.29, 1.82) is 0 Å². The number of hydrogen-bond acceptors (Lipinski definition) is 7. The highest BCUT2D eigenvalue weighted by molar-refractivity contribution is 5.54. The van der Waals surface area contributed by atoms with E-state index in [-0.39, 0.29) is 6.42 Å². The second-order valence-corrected chi connectivity index (χ2v) is 7.76. The standard InChI is InChI=1S/C20H29N5O3/c1-27-18-4-7-23(8-5-18)13-16-14-25(15-21-16)17-2-9-24(10-3-17)20-12-19(6-11-26)28-22-20/h11-12,14-15,17-18H,2-10,13H2,1H3. The molecular formula is C20H29N5O3. The van der Waals surface area contributed by atoms with Crippen LogP contribution in [0.3, 0.4) is 0 Å². The van der Waals surface area contributed by atoms with E-state index in [1.54, 1.807) is 7.11 Å². The van der Waals surface area contributed by atoms with Gasteiger partial charge in [-0.05, 0) is 25.7 Å². The largest absolute Gasteiger partial charge is 0.381 e. The van der Waals surface area contributed by atoms with Crippen LogP contribution < -0.4 is 4.90 Å². The van der Waals surface area contributed by atoms with Gasteiger partial charge in [-0.15, -0.1) is 0 Å². The van der Waals surface area contributed by atoms with Crippen LogP contribution in [0.1, 0.15) is 43.2 Å². The summed E-state index contributed by atoms with van der Waals surface area (Å²) in [5, 5.41) is 4.10. The zero-order valence-corrected chi connectivity index (χ0v) is 16.5. The van der Waals surface area contributed by atoms with E-state index in [2.05, 4.69) is 30.7 Å². The van der Waals surface area contributed by atoms with Gasteiger partial charge < -0.3 is 23.5 Å². The molecule has 2 aliphatic heterocycles. The second kappa shape index (κ2) is 8.87. The molecule has 28 heavy (non-hydrogen) atoms. The number of rotatable bonds is 7. The minimum absolute atomic E-state index is 0.282. The smallest absolute Gasteiger partial charge is 0.172 e. The highest BCUT2D eigenvalue weighted by Gasteiger charge is 2.24. The summed E-state index contributed by atoms with van der Waals surface area (Å²) >= 11 is 0. The Morgan fingerprint density at radius 1 is 1.21 bits per heavy atom. The molecule has 2 aromatic heterocycles. The summed E-state index contributed by atoms with van der Waals surface area (Å²) in [4.78, 5) is 19.9. The molecule has 4 rings (SSSR count). The summed E-state index contributed by atoms with van der Waals surface area (Å²) < 4.78 is 12.9. The number of likely N-dealkylation sites (tertiary alicyclic amines) is 1. The van der Waals surface area contributed by atoms with E-state index in [1.807, 2.05) is 12.4 Å². The first-order valence-corrected chi connectivity index (χ1v) is 10.2. The first-order chi connectivity index (χ1) is 13.7. The van der Waals surface area contributed by atoms with Crippen LogP contribution in [0.25, 0.3) is 0 Å². The number of aldehydes is 1. The molecule has 2 fully saturated rings. The van der Waals surface area contributed by atoms with Gasteiger partial charge in [-0.25, -0.2) is 4.98 Å². The zero-order valence-electron chi connectivity index (χ0n) is 16.5. The Labute approximate surface area is 165 Å². The summed E-state index contributed by atoms with van der Waals surface area (Å²) in [5.41, 5.74) is 1.15. The van der Waals surface area contributed by atoms with Crippen molar-refractivity contribution in [1.82, 2.24) is 19.6 Å². The first-order valence-electron chi connectivity index (χ1n) is 10.2. The van der Waals surface area contributed by atoms with Crippen LogP contribution in [0, 0.1) is 0 Å². The fourth-order valence-corrected chi connectivity index (χ4v) is 4.22. The van der Waals surface area contributed by atoms with Gasteiger partial charge in [0.05, 0.1) is 24.5 Å². The summed E-state index contributed by atoms with van der Waals surface area (Å²) in [6.45, 7) is 4.92. The van der Waals surface area contributed by atoms with E-state index in [4.69, 9.17) is 9.26 Å². The summed E-state index contributed by atoms with van der Waals surface area (Å²) in [6.07, 6.45) is 10.0. The van der Waals surface area contributed by atoms with Crippen LogP contribution in [0.5, 0.6) is 0 Å². The van der Waals surface area contributed by atoms with Crippen molar-refractivity contribution in [3.63, 3.8) is 0 Å². The second-order valence-electron chi connectivity index (χ2n) is 7.76. The predicted molar refractivity (Wildman–Crippen MR) is 104 cm³/mol. The average Bonchev–Trinajstić information content (AvgIpc) is 3.39. The maximum Gasteiger partial charge on any atom is 0.172 e. The van der Waals surface area contributed by atoms with E-state index in [0.29, 0.717) is 17.9 Å². The zero-order chi connectivity index (χ0) is 19.3. The predicted octanol–water partition coefficient (Wildman–Crippen LogP) is 2.06. The van der Waals surface area contributed by atoms with Crippen LogP contribution in [0.15, 0.2) is 23.1 Å². The Hall–Kier alpha value is -2.19. The Kier molecular flexibility index (Phi) is 6.07. The van der Waals surface area contributed by atoms with E-state index in [9.17, 15) is 4.79 Å². The molecule has 4 heterocycles. The first kappa shape index (κ1) is 19.1. The van der Waals surface area contributed by atoms with E-state index in [1.165, 1.54) is 0 Å². The van der Waals surface area contributed by atoms with Gasteiger partial charge in [0, 0.05) is 58.1 Å². The topological polar surface area (TPSA) is 76.6 Å². The molecule has 2 aromatic rings. The van der Waals surface area contributed by atoms with Crippen molar-refractivity contribution < 1.29 is 14.1 Å². The molecule has 2 saturated heterocycles. The maximum absolute atomic E-state index is 10.6. The maximum atomic E-state index is 10.6. The number of aromatic nitrogens is 3. The number of carbonyl (C=O) groups excluding carboxylic acids is 1. The van der Waals surface area contributed by atoms with Gasteiger partial charge in [-0.2, -0.15) is 0 Å². The molecule has 2 aliphatic rings. The van der Waals surface area contributed by atoms with Crippen LogP contribution >= 0.6 is 0 Å². The SMILES string of the molecule is COC1CCN(Cc2cn(C3CCN(c4cc(CC=O)on4)CC3)cn2)CC1. The number of methoxy groups -OCH3 is 1. The average molecular weight is 387 g/mol. The number of ether oxygens (including phenoxy) is 1. The highest BCUT2D eigenvalue weighted by Crippen LogP contribution is 2.27. The molecule has 152 valence electrons. The van der Waals surface area contributed by atoms with Crippen molar-refractivity contribution in [3.8, 4) is 0 Å². The number of hydrogen-bond donors (Lipinski definition) is 0. The third kappa shape index (κ3) is 4.44. The lowest BCUT2D eigenvalue weighted by atomic mass is 10.0. The van der Waals surface area contributed by atoms with Crippen LogP contribution in [0.2, 0.25) is 0 Å². The molecule has 0 bridgehead atoms. The van der Waals surface area contributed by atoms with Crippen molar-refractivity contribution >= 4 is 12.1 Å². The Balaban J connectivity index is 1.27. The Morgan fingerprint density at radius 3 is 2.71 bits per heavy atom. The van der Waals surface area contributed by atoms with Gasteiger partial charge in [0.25, 0.3) is 0 Å². The lowest BCUT2D eigenvalue weighted by molar-refractivity contribution is -0.107. The monoisotopic (exact) mass is 387 g/mol. The number of piperidine rings is 2. The molecule has 0 aliphatic carbocycles. The van der Waals surface area contributed by atoms with Gasteiger partial charge in [0.2, 0.25) is 0 Å². The molecule has 8 heteroatoms. The molecule has 8 nitrogen and oxygen atoms in total. The van der Waals surface area contributed by atoms with Crippen molar-refractivity contribution in [2.75, 3.05) is 38.2 Å². The lowest BCUT2D eigenvalue weighted by Gasteiger charge is -2.32.